The molecular formula is C14H12N2S. The zero-order valence-electron chi connectivity index (χ0n) is 9.23. The lowest BCUT2D eigenvalue weighted by Crippen LogP contribution is -1.63. The number of rotatable bonds is 0. The zero-order chi connectivity index (χ0) is 11.8. The van der Waals surface area contributed by atoms with Gasteiger partial charge in [0, 0.05) is 12.4 Å². The van der Waals surface area contributed by atoms with Crippen LogP contribution in [0.4, 0.5) is 0 Å². The zero-order valence-corrected chi connectivity index (χ0v) is 10.0. The van der Waals surface area contributed by atoms with Crippen LogP contribution in [-0.2, 0) is 0 Å². The van der Waals surface area contributed by atoms with E-state index in [4.69, 9.17) is 0 Å². The normalized spacial score (nSPS) is 20.5. The van der Waals surface area contributed by atoms with E-state index in [0.717, 1.165) is 5.52 Å². The van der Waals surface area contributed by atoms with Crippen molar-refractivity contribution < 1.29 is 0 Å². The van der Waals surface area contributed by atoms with E-state index in [1.165, 1.54) is 4.70 Å². The van der Waals surface area contributed by atoms with Crippen LogP contribution in [0.1, 0.15) is 0 Å². The van der Waals surface area contributed by atoms with Crippen LogP contribution in [0.15, 0.2) is 71.3 Å². The molecular weight excluding hydrogens is 228 g/mol. The van der Waals surface area contributed by atoms with E-state index >= 15 is 0 Å². The van der Waals surface area contributed by atoms with Gasteiger partial charge < -0.3 is 0 Å². The van der Waals surface area contributed by atoms with Gasteiger partial charge in [-0.15, -0.1) is 11.3 Å². The maximum atomic E-state index is 4.14. The molecule has 1 aromatic carbocycles. The lowest BCUT2D eigenvalue weighted by Gasteiger charge is -1.80. The first-order valence-corrected chi connectivity index (χ1v) is 6.15. The Morgan fingerprint density at radius 1 is 0.882 bits per heavy atom. The number of aliphatic imine (C=N–C) groups is 1. The molecule has 2 aromatic rings. The maximum Gasteiger partial charge on any atom is 0.0812 e. The summed E-state index contributed by atoms with van der Waals surface area (Å²) in [5.41, 5.74) is 2.97. The third-order valence-corrected chi connectivity index (χ3v) is 2.84. The van der Waals surface area contributed by atoms with Gasteiger partial charge in [0.05, 0.1) is 15.7 Å². The summed E-state index contributed by atoms with van der Waals surface area (Å²) >= 11 is 1.68. The SMILES string of the molecule is C1=C\C=C/N=C\C=C/1.c1ccc2scnc2c1. The molecule has 1 aliphatic rings. The van der Waals surface area contributed by atoms with E-state index in [1.54, 1.807) is 23.8 Å². The Hall–Kier alpha value is -2.00. The molecule has 0 unspecified atom stereocenters. The Kier molecular flexibility index (Phi) is 4.43. The van der Waals surface area contributed by atoms with Crippen molar-refractivity contribution in [2.45, 2.75) is 0 Å². The van der Waals surface area contributed by atoms with Gasteiger partial charge in [-0.25, -0.2) is 4.98 Å². The van der Waals surface area contributed by atoms with E-state index in [2.05, 4.69) is 16.0 Å². The lowest BCUT2D eigenvalue weighted by atomic mass is 10.3. The van der Waals surface area contributed by atoms with E-state index in [0.29, 0.717) is 0 Å². The summed E-state index contributed by atoms with van der Waals surface area (Å²) in [4.78, 5) is 8.02. The molecule has 3 heteroatoms. The molecule has 84 valence electrons. The molecule has 1 aromatic heterocycles. The second kappa shape index (κ2) is 6.55. The minimum absolute atomic E-state index is 1.10. The minimum atomic E-state index is 1.10. The Morgan fingerprint density at radius 3 is 2.65 bits per heavy atom. The number of fused-ring (bicyclic) bond motifs is 1. The van der Waals surface area contributed by atoms with Gasteiger partial charge in [0.25, 0.3) is 0 Å². The number of benzene rings is 1. The van der Waals surface area contributed by atoms with E-state index in [-0.39, 0.29) is 0 Å². The van der Waals surface area contributed by atoms with Crippen LogP contribution in [0.3, 0.4) is 0 Å². The molecule has 0 spiro atoms. The molecule has 2 heterocycles. The molecule has 0 amide bonds. The van der Waals surface area contributed by atoms with Crippen molar-refractivity contribution in [3.63, 3.8) is 0 Å². The van der Waals surface area contributed by atoms with Crippen LogP contribution in [0, 0.1) is 0 Å². The number of hydrogen-bond donors (Lipinski definition) is 0. The van der Waals surface area contributed by atoms with Gasteiger partial charge in [0.1, 0.15) is 0 Å². The lowest BCUT2D eigenvalue weighted by molar-refractivity contribution is 1.50. The predicted octanol–water partition coefficient (Wildman–Crippen LogP) is 3.99. The number of allylic oxidation sites excluding steroid dienone is 5. The molecule has 0 bridgehead atoms. The Labute approximate surface area is 104 Å². The fourth-order valence-electron chi connectivity index (χ4n) is 1.24. The molecule has 2 nitrogen and oxygen atoms in total. The molecule has 17 heavy (non-hydrogen) atoms. The largest absolute Gasteiger partial charge is 0.265 e. The van der Waals surface area contributed by atoms with Gasteiger partial charge in [-0.3, -0.25) is 4.99 Å². The molecule has 0 aliphatic carbocycles. The van der Waals surface area contributed by atoms with Crippen LogP contribution >= 0.6 is 11.3 Å². The van der Waals surface area contributed by atoms with Crippen molar-refractivity contribution in [1.82, 2.24) is 4.98 Å². The van der Waals surface area contributed by atoms with Crippen molar-refractivity contribution in [3.05, 3.63) is 66.4 Å². The number of para-hydroxylation sites is 1. The highest BCUT2D eigenvalue weighted by molar-refractivity contribution is 7.16. The quantitative estimate of drug-likeness (QED) is 0.683. The van der Waals surface area contributed by atoms with Crippen molar-refractivity contribution in [3.8, 4) is 0 Å². The number of nitrogens with zero attached hydrogens (tertiary/aromatic N) is 2. The van der Waals surface area contributed by atoms with Crippen molar-refractivity contribution in [2.75, 3.05) is 0 Å². The first-order valence-electron chi connectivity index (χ1n) is 5.27. The van der Waals surface area contributed by atoms with E-state index < -0.39 is 0 Å². The highest BCUT2D eigenvalue weighted by Gasteiger charge is 1.89. The first kappa shape index (κ1) is 11.5. The third-order valence-electron chi connectivity index (χ3n) is 2.03. The highest BCUT2D eigenvalue weighted by atomic mass is 32.1. The predicted molar refractivity (Wildman–Crippen MR) is 75.5 cm³/mol. The average Bonchev–Trinajstić information content (AvgIpc) is 2.76. The number of aromatic nitrogens is 1. The summed E-state index contributed by atoms with van der Waals surface area (Å²) in [6.45, 7) is 0. The average molecular weight is 240 g/mol. The third kappa shape index (κ3) is 3.81. The second-order valence-electron chi connectivity index (χ2n) is 3.23. The van der Waals surface area contributed by atoms with Crippen LogP contribution in [-0.4, -0.2) is 11.2 Å². The topological polar surface area (TPSA) is 25.2 Å². The minimum Gasteiger partial charge on any atom is -0.265 e. The molecule has 0 saturated heterocycles. The summed E-state index contributed by atoms with van der Waals surface area (Å²) in [6.07, 6.45) is 13.1. The van der Waals surface area contributed by atoms with Gasteiger partial charge in [-0.05, 0) is 24.3 Å². The van der Waals surface area contributed by atoms with Gasteiger partial charge >= 0.3 is 0 Å². The highest BCUT2D eigenvalue weighted by Crippen LogP contribution is 2.15. The van der Waals surface area contributed by atoms with E-state index in [1.807, 2.05) is 54.1 Å². The fraction of sp³-hybridized carbons (Fsp3) is 0. The fourth-order valence-corrected chi connectivity index (χ4v) is 1.92. The van der Waals surface area contributed by atoms with Crippen LogP contribution < -0.4 is 0 Å². The maximum absolute atomic E-state index is 4.14. The summed E-state index contributed by atoms with van der Waals surface area (Å²) in [5, 5.41) is 0. The molecule has 0 fully saturated rings. The molecule has 1 aliphatic heterocycles. The van der Waals surface area contributed by atoms with Gasteiger partial charge in [0.15, 0.2) is 0 Å². The number of hydrogen-bond acceptors (Lipinski definition) is 3. The van der Waals surface area contributed by atoms with Crippen molar-refractivity contribution in [2.24, 2.45) is 4.99 Å². The Morgan fingerprint density at radius 2 is 1.71 bits per heavy atom. The van der Waals surface area contributed by atoms with Gasteiger partial charge in [-0.1, -0.05) is 30.4 Å². The van der Waals surface area contributed by atoms with Gasteiger partial charge in [0.2, 0.25) is 0 Å². The van der Waals surface area contributed by atoms with E-state index in [9.17, 15) is 0 Å². The van der Waals surface area contributed by atoms with Crippen molar-refractivity contribution >= 4 is 27.8 Å². The van der Waals surface area contributed by atoms with Crippen LogP contribution in [0.2, 0.25) is 0 Å². The van der Waals surface area contributed by atoms with Crippen LogP contribution in [0.5, 0.6) is 0 Å². The summed E-state index contributed by atoms with van der Waals surface area (Å²) in [5.74, 6) is 0. The standard InChI is InChI=1S/C7H5NS.C7H7N/c1-2-4-7-6(3-1)8-5-9-7;1-2-4-6-8-7-5-3-1/h1-5H;1-7H/b;2-1-,3-1?,4-2?,5-3-,6-4-,7-5?,8-6?,8-7-. The number of thiazole rings is 1. The summed E-state index contributed by atoms with van der Waals surface area (Å²) in [7, 11) is 0. The van der Waals surface area contributed by atoms with Gasteiger partial charge in [-0.2, -0.15) is 0 Å². The summed E-state index contributed by atoms with van der Waals surface area (Å²) < 4.78 is 1.26. The Balaban J connectivity index is 0.000000128. The monoisotopic (exact) mass is 240 g/mol. The second-order valence-corrected chi connectivity index (χ2v) is 4.12. The summed E-state index contributed by atoms with van der Waals surface area (Å²) in [6, 6.07) is 8.13. The molecule has 3 rings (SSSR count). The molecule has 0 atom stereocenters. The molecule has 0 saturated carbocycles. The Bertz CT molecular complexity index is 490. The molecule has 0 radical (unpaired) electrons. The smallest absolute Gasteiger partial charge is 0.0812 e. The van der Waals surface area contributed by atoms with Crippen LogP contribution in [0.25, 0.3) is 10.2 Å². The first-order chi connectivity index (χ1) is 8.47. The molecule has 0 N–H and O–H groups in total. The van der Waals surface area contributed by atoms with Crippen molar-refractivity contribution in [1.29, 1.82) is 0 Å².